The Morgan fingerprint density at radius 1 is 1.06 bits per heavy atom. The zero-order valence-electron chi connectivity index (χ0n) is 21.8. The Kier molecular flexibility index (Phi) is 6.37. The van der Waals surface area contributed by atoms with Crippen LogP contribution in [-0.2, 0) is 10.8 Å². The van der Waals surface area contributed by atoms with E-state index in [0.29, 0.717) is 29.5 Å². The van der Waals surface area contributed by atoms with Gasteiger partial charge in [-0.2, -0.15) is 0 Å². The molecule has 0 aromatic heterocycles. The molecule has 2 aromatic carbocycles. The largest absolute Gasteiger partial charge is 0.507 e. The molecule has 0 amide bonds. The Morgan fingerprint density at radius 2 is 1.63 bits per heavy atom. The lowest BCUT2D eigenvalue weighted by Gasteiger charge is -2.28. The molecule has 4 rings (SSSR count). The van der Waals surface area contributed by atoms with Gasteiger partial charge in [0.25, 0.3) is 0 Å². The molecule has 3 atom stereocenters. The van der Waals surface area contributed by atoms with E-state index in [0.717, 1.165) is 29.7 Å². The number of carbonyl (C=O) groups excluding carboxylic acids is 1. The second-order valence-electron chi connectivity index (χ2n) is 12.3. The number of ketones is 1. The minimum Gasteiger partial charge on any atom is -0.507 e. The van der Waals surface area contributed by atoms with Crippen LogP contribution in [0, 0.1) is 17.2 Å². The second-order valence-corrected chi connectivity index (χ2v) is 12.3. The Hall–Kier alpha value is -3.02. The van der Waals surface area contributed by atoms with Gasteiger partial charge in [0.05, 0.1) is 18.5 Å². The van der Waals surface area contributed by atoms with Crippen molar-refractivity contribution in [2.24, 2.45) is 11.8 Å². The molecule has 1 heterocycles. The van der Waals surface area contributed by atoms with Gasteiger partial charge in [-0.15, -0.1) is 0 Å². The predicted octanol–water partition coefficient (Wildman–Crippen LogP) is 5.52. The summed E-state index contributed by atoms with van der Waals surface area (Å²) < 4.78 is 6.14. The van der Waals surface area contributed by atoms with E-state index < -0.39 is 0 Å². The SMILES string of the molecule is CC(C)(C)c1cc(C(=O)CN2C[C@@H]3C[C@@H](Oc4ccc(N)cc4)C[C@@H]3C2=N)cc(C(C)(C)C)c1O. The predicted molar refractivity (Wildman–Crippen MR) is 141 cm³/mol. The summed E-state index contributed by atoms with van der Waals surface area (Å²) in [6, 6.07) is 11.1. The maximum absolute atomic E-state index is 13.4. The summed E-state index contributed by atoms with van der Waals surface area (Å²) in [6.45, 7) is 13.2. The number of carbonyl (C=O) groups is 1. The maximum atomic E-state index is 13.4. The summed E-state index contributed by atoms with van der Waals surface area (Å²) in [6.07, 6.45) is 1.75. The Bertz CT molecular complexity index is 1090. The molecule has 0 radical (unpaired) electrons. The van der Waals surface area contributed by atoms with Gasteiger partial charge in [0.2, 0.25) is 0 Å². The fourth-order valence-electron chi connectivity index (χ4n) is 5.41. The van der Waals surface area contributed by atoms with Crippen LogP contribution in [0.2, 0.25) is 0 Å². The van der Waals surface area contributed by atoms with E-state index in [-0.39, 0.29) is 40.9 Å². The standard InChI is InChI=1S/C29H39N3O3/c1-28(2,3)23-12-17(13-24(26(23)34)29(4,5)6)25(33)16-32-15-18-11-21(14-22(18)27(32)31)35-20-9-7-19(30)8-10-20/h7-10,12-13,18,21-22,31,34H,11,14-16,30H2,1-6H3/t18-,21+,22-/m0/s1. The number of likely N-dealkylation sites (tertiary alicyclic amines) is 1. The summed E-state index contributed by atoms with van der Waals surface area (Å²) in [5.74, 6) is 2.05. The number of amidine groups is 1. The first-order valence-corrected chi connectivity index (χ1v) is 12.5. The minimum atomic E-state index is -0.294. The van der Waals surface area contributed by atoms with E-state index in [2.05, 4.69) is 0 Å². The van der Waals surface area contributed by atoms with Crippen LogP contribution in [0.3, 0.4) is 0 Å². The molecule has 2 aromatic rings. The van der Waals surface area contributed by atoms with Crippen LogP contribution in [0.15, 0.2) is 36.4 Å². The molecule has 4 N–H and O–H groups in total. The van der Waals surface area contributed by atoms with Gasteiger partial charge in [-0.25, -0.2) is 0 Å². The third-order valence-corrected chi connectivity index (χ3v) is 7.36. The highest BCUT2D eigenvalue weighted by Crippen LogP contribution is 2.42. The number of fused-ring (bicyclic) bond motifs is 1. The lowest BCUT2D eigenvalue weighted by atomic mass is 9.78. The number of nitrogen functional groups attached to an aromatic ring is 1. The van der Waals surface area contributed by atoms with E-state index in [1.807, 2.05) is 82.8 Å². The Balaban J connectivity index is 1.46. The summed E-state index contributed by atoms with van der Waals surface area (Å²) in [5, 5.41) is 19.7. The number of hydrogen-bond acceptors (Lipinski definition) is 5. The molecule has 0 spiro atoms. The van der Waals surface area contributed by atoms with Crippen LogP contribution in [-0.4, -0.2) is 40.8 Å². The highest BCUT2D eigenvalue weighted by molar-refractivity contribution is 6.01. The van der Waals surface area contributed by atoms with Crippen LogP contribution in [0.25, 0.3) is 0 Å². The average molecular weight is 478 g/mol. The Morgan fingerprint density at radius 3 is 2.14 bits per heavy atom. The van der Waals surface area contributed by atoms with Gasteiger partial charge in [-0.1, -0.05) is 41.5 Å². The number of nitrogens with two attached hydrogens (primary N) is 1. The van der Waals surface area contributed by atoms with Crippen LogP contribution in [0.1, 0.15) is 75.9 Å². The second kappa shape index (κ2) is 8.89. The number of aromatic hydroxyl groups is 1. The molecule has 35 heavy (non-hydrogen) atoms. The van der Waals surface area contributed by atoms with E-state index in [1.165, 1.54) is 0 Å². The molecule has 1 aliphatic carbocycles. The molecule has 6 nitrogen and oxygen atoms in total. The molecule has 0 unspecified atom stereocenters. The van der Waals surface area contributed by atoms with Gasteiger partial charge in [-0.3, -0.25) is 10.2 Å². The number of ether oxygens (including phenoxy) is 1. The summed E-state index contributed by atoms with van der Waals surface area (Å²) >= 11 is 0. The quantitative estimate of drug-likeness (QED) is 0.389. The van der Waals surface area contributed by atoms with E-state index in [9.17, 15) is 9.90 Å². The molecule has 2 fully saturated rings. The number of rotatable bonds is 5. The van der Waals surface area contributed by atoms with Gasteiger partial charge in [-0.05, 0) is 66.0 Å². The fourth-order valence-corrected chi connectivity index (χ4v) is 5.41. The van der Waals surface area contributed by atoms with Crippen LogP contribution in [0.4, 0.5) is 5.69 Å². The lowest BCUT2D eigenvalue weighted by Crippen LogP contribution is -2.34. The van der Waals surface area contributed by atoms with Crippen molar-refractivity contribution in [3.05, 3.63) is 53.1 Å². The van der Waals surface area contributed by atoms with Crippen LogP contribution >= 0.6 is 0 Å². The van der Waals surface area contributed by atoms with Gasteiger partial charge in [0.15, 0.2) is 5.78 Å². The molecular weight excluding hydrogens is 438 g/mol. The van der Waals surface area contributed by atoms with Gasteiger partial charge >= 0.3 is 0 Å². The smallest absolute Gasteiger partial charge is 0.182 e. The first kappa shape index (κ1) is 25.1. The normalized spacial score (nSPS) is 22.4. The Labute approximate surface area is 209 Å². The van der Waals surface area contributed by atoms with Crippen molar-refractivity contribution in [3.8, 4) is 11.5 Å². The minimum absolute atomic E-state index is 0.0135. The number of benzene rings is 2. The average Bonchev–Trinajstić information content (AvgIpc) is 3.26. The van der Waals surface area contributed by atoms with E-state index >= 15 is 0 Å². The molecule has 6 heteroatoms. The van der Waals surface area contributed by atoms with Crippen LogP contribution in [0.5, 0.6) is 11.5 Å². The van der Waals surface area contributed by atoms with Crippen molar-refractivity contribution in [3.63, 3.8) is 0 Å². The monoisotopic (exact) mass is 477 g/mol. The number of nitrogens with zero attached hydrogens (tertiary/aromatic N) is 1. The number of Topliss-reactive ketones (excluding diaryl/α,β-unsaturated/α-hetero) is 1. The van der Waals surface area contributed by atoms with Crippen molar-refractivity contribution in [2.45, 2.75) is 71.3 Å². The molecule has 1 saturated carbocycles. The van der Waals surface area contributed by atoms with Gasteiger partial charge in [0, 0.05) is 34.8 Å². The third-order valence-electron chi connectivity index (χ3n) is 7.36. The highest BCUT2D eigenvalue weighted by atomic mass is 16.5. The summed E-state index contributed by atoms with van der Waals surface area (Å²) in [5.41, 5.74) is 8.05. The van der Waals surface area contributed by atoms with Crippen molar-refractivity contribution in [2.75, 3.05) is 18.8 Å². The van der Waals surface area contributed by atoms with Crippen molar-refractivity contribution in [1.82, 2.24) is 4.90 Å². The highest BCUT2D eigenvalue weighted by Gasteiger charge is 2.46. The molecule has 1 saturated heterocycles. The number of phenols is 1. The van der Waals surface area contributed by atoms with E-state index in [4.69, 9.17) is 15.9 Å². The van der Waals surface area contributed by atoms with Gasteiger partial charge < -0.3 is 20.5 Å². The van der Waals surface area contributed by atoms with Gasteiger partial charge in [0.1, 0.15) is 11.5 Å². The van der Waals surface area contributed by atoms with Crippen molar-refractivity contribution in [1.29, 1.82) is 5.41 Å². The molecule has 1 aliphatic heterocycles. The number of phenolic OH excluding ortho intramolecular Hbond substituents is 1. The fraction of sp³-hybridized carbons (Fsp3) is 0.517. The molecular formula is C29H39N3O3. The number of anilines is 1. The summed E-state index contributed by atoms with van der Waals surface area (Å²) in [4.78, 5) is 15.3. The molecule has 2 aliphatic rings. The lowest BCUT2D eigenvalue weighted by molar-refractivity contribution is 0.0962. The van der Waals surface area contributed by atoms with E-state index in [1.54, 1.807) is 0 Å². The van der Waals surface area contributed by atoms with Crippen molar-refractivity contribution < 1.29 is 14.6 Å². The third kappa shape index (κ3) is 5.16. The zero-order chi connectivity index (χ0) is 25.7. The molecule has 188 valence electrons. The maximum Gasteiger partial charge on any atom is 0.182 e. The first-order chi connectivity index (χ1) is 16.2. The number of nitrogens with one attached hydrogen (secondary N) is 1. The first-order valence-electron chi connectivity index (χ1n) is 12.5. The zero-order valence-corrected chi connectivity index (χ0v) is 21.8. The van der Waals surface area contributed by atoms with Crippen LogP contribution < -0.4 is 10.5 Å². The topological polar surface area (TPSA) is 99.6 Å². The molecule has 0 bridgehead atoms. The van der Waals surface area contributed by atoms with Crippen molar-refractivity contribution >= 4 is 17.3 Å². The summed E-state index contributed by atoms with van der Waals surface area (Å²) in [7, 11) is 0. The number of hydrogen-bond donors (Lipinski definition) is 3.